The maximum absolute atomic E-state index is 2.32. The van der Waals surface area contributed by atoms with Crippen molar-refractivity contribution >= 4 is 5.69 Å². The molecule has 0 unspecified atom stereocenters. The number of aryl methyl sites for hydroxylation is 1. The Morgan fingerprint density at radius 2 is 1.65 bits per heavy atom. The van der Waals surface area contributed by atoms with E-state index in [4.69, 9.17) is 0 Å². The molecule has 0 saturated carbocycles. The average molecular weight is 264 g/mol. The first-order valence-electron chi connectivity index (χ1n) is 7.01. The maximum Gasteiger partial charge on any atom is 0.102 e. The van der Waals surface area contributed by atoms with Crippen molar-refractivity contribution in [3.05, 3.63) is 66.5 Å². The van der Waals surface area contributed by atoms with Crippen LogP contribution in [0.3, 0.4) is 0 Å². The molecule has 0 aliphatic carbocycles. The third-order valence-corrected chi connectivity index (χ3v) is 4.05. The van der Waals surface area contributed by atoms with Crippen LogP contribution < -0.4 is 4.90 Å². The van der Waals surface area contributed by atoms with Crippen LogP contribution in [0, 0.1) is 6.92 Å². The van der Waals surface area contributed by atoms with Gasteiger partial charge < -0.3 is 9.80 Å². The number of nitrogens with zero attached hydrogens (tertiary/aromatic N) is 2. The molecule has 0 bridgehead atoms. The van der Waals surface area contributed by atoms with Gasteiger partial charge in [-0.3, -0.25) is 0 Å². The predicted octanol–water partition coefficient (Wildman–Crippen LogP) is 4.23. The smallest absolute Gasteiger partial charge is 0.102 e. The van der Waals surface area contributed by atoms with Crippen molar-refractivity contribution in [1.29, 1.82) is 0 Å². The lowest BCUT2D eigenvalue weighted by Crippen LogP contribution is -2.33. The van der Waals surface area contributed by atoms with Gasteiger partial charge in [0.15, 0.2) is 0 Å². The summed E-state index contributed by atoms with van der Waals surface area (Å²) in [4.78, 5) is 4.54. The molecule has 3 rings (SSSR count). The number of hydrogen-bond acceptors (Lipinski definition) is 2. The zero-order chi connectivity index (χ0) is 14.1. The molecule has 0 saturated heterocycles. The first-order chi connectivity index (χ1) is 9.66. The quantitative estimate of drug-likeness (QED) is 0.801. The zero-order valence-electron chi connectivity index (χ0n) is 12.2. The van der Waals surface area contributed by atoms with Crippen molar-refractivity contribution in [2.75, 3.05) is 11.9 Å². The largest absolute Gasteiger partial charge is 0.359 e. The Morgan fingerprint density at radius 3 is 2.30 bits per heavy atom. The molecule has 0 aromatic heterocycles. The standard InChI is InChI=1S/C18H20N2/c1-14-9-10-17(16-7-5-4-6-8-16)13-18(14)20-12-11-19(3)15(20)2/h4-13,15H,1-3H3/t15-/m0/s1. The molecule has 0 fully saturated rings. The molecule has 1 heterocycles. The average Bonchev–Trinajstić information content (AvgIpc) is 2.81. The molecule has 1 aliphatic rings. The normalized spacial score (nSPS) is 17.9. The third kappa shape index (κ3) is 2.18. The van der Waals surface area contributed by atoms with Crippen LogP contribution in [-0.2, 0) is 0 Å². The van der Waals surface area contributed by atoms with Gasteiger partial charge in [-0.15, -0.1) is 0 Å². The number of rotatable bonds is 2. The highest BCUT2D eigenvalue weighted by molar-refractivity contribution is 5.71. The Bertz CT molecular complexity index is 631. The van der Waals surface area contributed by atoms with Gasteiger partial charge in [-0.05, 0) is 36.6 Å². The van der Waals surface area contributed by atoms with Gasteiger partial charge in [0, 0.05) is 25.1 Å². The van der Waals surface area contributed by atoms with Crippen LogP contribution in [0.25, 0.3) is 11.1 Å². The minimum absolute atomic E-state index is 0.361. The zero-order valence-corrected chi connectivity index (χ0v) is 12.2. The fourth-order valence-electron chi connectivity index (χ4n) is 2.60. The van der Waals surface area contributed by atoms with Crippen LogP contribution >= 0.6 is 0 Å². The van der Waals surface area contributed by atoms with E-state index in [2.05, 4.69) is 91.6 Å². The van der Waals surface area contributed by atoms with E-state index in [9.17, 15) is 0 Å². The van der Waals surface area contributed by atoms with E-state index in [0.717, 1.165) is 0 Å². The minimum Gasteiger partial charge on any atom is -0.359 e. The lowest BCUT2D eigenvalue weighted by molar-refractivity contribution is 0.383. The summed E-state index contributed by atoms with van der Waals surface area (Å²) in [6.07, 6.45) is 4.64. The molecular weight excluding hydrogens is 244 g/mol. The summed E-state index contributed by atoms with van der Waals surface area (Å²) in [5.74, 6) is 0. The Morgan fingerprint density at radius 1 is 0.900 bits per heavy atom. The predicted molar refractivity (Wildman–Crippen MR) is 85.5 cm³/mol. The molecule has 1 aliphatic heterocycles. The topological polar surface area (TPSA) is 6.48 Å². The van der Waals surface area contributed by atoms with Crippen molar-refractivity contribution in [3.8, 4) is 11.1 Å². The second-order valence-electron chi connectivity index (χ2n) is 5.37. The molecule has 102 valence electrons. The van der Waals surface area contributed by atoms with E-state index in [1.54, 1.807) is 0 Å². The van der Waals surface area contributed by atoms with E-state index < -0.39 is 0 Å². The lowest BCUT2D eigenvalue weighted by Gasteiger charge is -2.28. The fourth-order valence-corrected chi connectivity index (χ4v) is 2.60. The second kappa shape index (κ2) is 5.04. The molecule has 0 amide bonds. The van der Waals surface area contributed by atoms with Crippen LogP contribution in [0.2, 0.25) is 0 Å². The van der Waals surface area contributed by atoms with Gasteiger partial charge in [0.2, 0.25) is 0 Å². The summed E-state index contributed by atoms with van der Waals surface area (Å²) in [6, 6.07) is 17.2. The van der Waals surface area contributed by atoms with Crippen molar-refractivity contribution in [2.24, 2.45) is 0 Å². The van der Waals surface area contributed by atoms with E-state index in [-0.39, 0.29) is 0 Å². The highest BCUT2D eigenvalue weighted by Gasteiger charge is 2.21. The number of anilines is 1. The Balaban J connectivity index is 2.02. The van der Waals surface area contributed by atoms with Gasteiger partial charge in [0.1, 0.15) is 6.17 Å². The van der Waals surface area contributed by atoms with E-state index >= 15 is 0 Å². The summed E-state index contributed by atoms with van der Waals surface area (Å²) in [7, 11) is 2.11. The fraction of sp³-hybridized carbons (Fsp3) is 0.222. The van der Waals surface area contributed by atoms with Gasteiger partial charge in [-0.1, -0.05) is 42.5 Å². The summed E-state index contributed by atoms with van der Waals surface area (Å²) >= 11 is 0. The molecule has 2 heteroatoms. The van der Waals surface area contributed by atoms with Gasteiger partial charge in [-0.2, -0.15) is 0 Å². The monoisotopic (exact) mass is 264 g/mol. The number of hydrogen-bond donors (Lipinski definition) is 0. The molecule has 0 spiro atoms. The first kappa shape index (κ1) is 12.8. The van der Waals surface area contributed by atoms with Crippen molar-refractivity contribution in [1.82, 2.24) is 4.90 Å². The van der Waals surface area contributed by atoms with Crippen molar-refractivity contribution in [2.45, 2.75) is 20.0 Å². The van der Waals surface area contributed by atoms with E-state index in [0.29, 0.717) is 6.17 Å². The third-order valence-electron chi connectivity index (χ3n) is 4.05. The Labute approximate surface area is 121 Å². The van der Waals surface area contributed by atoms with Gasteiger partial charge in [-0.25, -0.2) is 0 Å². The highest BCUT2D eigenvalue weighted by Crippen LogP contribution is 2.31. The Hall–Kier alpha value is -2.22. The van der Waals surface area contributed by atoms with Gasteiger partial charge in [0.05, 0.1) is 0 Å². The number of benzene rings is 2. The van der Waals surface area contributed by atoms with Crippen molar-refractivity contribution in [3.63, 3.8) is 0 Å². The first-order valence-corrected chi connectivity index (χ1v) is 7.01. The van der Waals surface area contributed by atoms with Crippen LogP contribution in [-0.4, -0.2) is 18.1 Å². The minimum atomic E-state index is 0.361. The summed E-state index contributed by atoms with van der Waals surface area (Å²) in [5.41, 5.74) is 5.11. The molecule has 1 atom stereocenters. The molecule has 0 N–H and O–H groups in total. The van der Waals surface area contributed by atoms with E-state index in [1.807, 2.05) is 0 Å². The summed E-state index contributed by atoms with van der Waals surface area (Å²) < 4.78 is 0. The lowest BCUT2D eigenvalue weighted by atomic mass is 10.0. The van der Waals surface area contributed by atoms with Crippen molar-refractivity contribution < 1.29 is 0 Å². The summed E-state index contributed by atoms with van der Waals surface area (Å²) in [5, 5.41) is 0. The van der Waals surface area contributed by atoms with Crippen LogP contribution in [0.1, 0.15) is 12.5 Å². The van der Waals surface area contributed by atoms with E-state index in [1.165, 1.54) is 22.4 Å². The SMILES string of the molecule is Cc1ccc(-c2ccccc2)cc1N1C=CN(C)[C@@H]1C. The molecular formula is C18H20N2. The molecule has 2 aromatic rings. The summed E-state index contributed by atoms with van der Waals surface area (Å²) in [6.45, 7) is 4.39. The van der Waals surface area contributed by atoms with Gasteiger partial charge in [0.25, 0.3) is 0 Å². The van der Waals surface area contributed by atoms with Crippen LogP contribution in [0.5, 0.6) is 0 Å². The highest BCUT2D eigenvalue weighted by atomic mass is 15.4. The molecule has 20 heavy (non-hydrogen) atoms. The second-order valence-corrected chi connectivity index (χ2v) is 5.37. The molecule has 2 nitrogen and oxygen atoms in total. The Kier molecular flexibility index (Phi) is 3.23. The van der Waals surface area contributed by atoms with Crippen LogP contribution in [0.15, 0.2) is 60.9 Å². The van der Waals surface area contributed by atoms with Crippen LogP contribution in [0.4, 0.5) is 5.69 Å². The molecule has 0 radical (unpaired) electrons. The van der Waals surface area contributed by atoms with Gasteiger partial charge >= 0.3 is 0 Å². The maximum atomic E-state index is 2.32. The molecule has 2 aromatic carbocycles.